The fourth-order valence-electron chi connectivity index (χ4n) is 1.43. The first-order valence-electron chi connectivity index (χ1n) is 5.25. The second-order valence-corrected chi connectivity index (χ2v) is 3.70. The molecule has 86 valence electrons. The summed E-state index contributed by atoms with van der Waals surface area (Å²) in [4.78, 5) is 8.25. The van der Waals surface area contributed by atoms with Crippen molar-refractivity contribution in [2.45, 2.75) is 19.9 Å². The van der Waals surface area contributed by atoms with Crippen LogP contribution >= 0.6 is 0 Å². The molecule has 2 rings (SSSR count). The molecule has 17 heavy (non-hydrogen) atoms. The van der Waals surface area contributed by atoms with Gasteiger partial charge in [0.2, 0.25) is 5.89 Å². The predicted octanol–water partition coefficient (Wildman–Crippen LogP) is 2.42. The van der Waals surface area contributed by atoms with E-state index in [1.165, 1.54) is 0 Å². The lowest BCUT2D eigenvalue weighted by Gasteiger charge is -2.10. The Morgan fingerprint density at radius 3 is 2.94 bits per heavy atom. The van der Waals surface area contributed by atoms with Crippen LogP contribution in [0.3, 0.4) is 0 Å². The molecule has 2 aromatic rings. The molecule has 0 aliphatic carbocycles. The Labute approximate surface area is 99.1 Å². The van der Waals surface area contributed by atoms with Crippen LogP contribution in [0, 0.1) is 18.3 Å². The topological polar surface area (TPSA) is 74.7 Å². The standard InChI is InChI=1S/C12H12N4O/c1-8-7-14-12(17-8)9(2)15-11-5-3-4-10(6-13)16-11/h3-5,7,9H,1-2H3,(H,15,16). The maximum Gasteiger partial charge on any atom is 0.216 e. The Balaban J connectivity index is 2.13. The lowest BCUT2D eigenvalue weighted by Crippen LogP contribution is -2.08. The van der Waals surface area contributed by atoms with Crippen LogP contribution in [0.2, 0.25) is 0 Å². The van der Waals surface area contributed by atoms with E-state index in [9.17, 15) is 0 Å². The molecular formula is C12H12N4O. The van der Waals surface area contributed by atoms with E-state index in [2.05, 4.69) is 15.3 Å². The number of aromatic nitrogens is 2. The predicted molar refractivity (Wildman–Crippen MR) is 62.2 cm³/mol. The van der Waals surface area contributed by atoms with Crippen LogP contribution in [-0.4, -0.2) is 9.97 Å². The number of nitrogens with one attached hydrogen (secondary N) is 1. The van der Waals surface area contributed by atoms with E-state index in [-0.39, 0.29) is 6.04 Å². The van der Waals surface area contributed by atoms with Crippen LogP contribution in [0.5, 0.6) is 0 Å². The molecule has 0 amide bonds. The fraction of sp³-hybridized carbons (Fsp3) is 0.250. The molecule has 1 unspecified atom stereocenters. The van der Waals surface area contributed by atoms with E-state index >= 15 is 0 Å². The molecule has 5 nitrogen and oxygen atoms in total. The van der Waals surface area contributed by atoms with Gasteiger partial charge in [0.1, 0.15) is 29.4 Å². The van der Waals surface area contributed by atoms with Gasteiger partial charge in [-0.25, -0.2) is 9.97 Å². The average Bonchev–Trinajstić information content (AvgIpc) is 2.76. The zero-order valence-corrected chi connectivity index (χ0v) is 9.64. The van der Waals surface area contributed by atoms with E-state index in [4.69, 9.17) is 9.68 Å². The van der Waals surface area contributed by atoms with Gasteiger partial charge in [0.25, 0.3) is 0 Å². The molecule has 0 fully saturated rings. The number of hydrogen-bond donors (Lipinski definition) is 1. The summed E-state index contributed by atoms with van der Waals surface area (Å²) >= 11 is 0. The maximum atomic E-state index is 8.75. The zero-order valence-electron chi connectivity index (χ0n) is 9.64. The van der Waals surface area contributed by atoms with Gasteiger partial charge in [-0.1, -0.05) is 6.07 Å². The Morgan fingerprint density at radius 2 is 2.29 bits per heavy atom. The minimum atomic E-state index is -0.0925. The quantitative estimate of drug-likeness (QED) is 0.873. The molecule has 0 saturated heterocycles. The monoisotopic (exact) mass is 228 g/mol. The number of rotatable bonds is 3. The van der Waals surface area contributed by atoms with E-state index in [1.54, 1.807) is 24.4 Å². The molecule has 2 aromatic heterocycles. The van der Waals surface area contributed by atoms with E-state index in [0.29, 0.717) is 17.4 Å². The zero-order chi connectivity index (χ0) is 12.3. The number of oxazole rings is 1. The first-order chi connectivity index (χ1) is 8.19. The normalized spacial score (nSPS) is 11.8. The molecule has 0 aromatic carbocycles. The summed E-state index contributed by atoms with van der Waals surface area (Å²) in [6, 6.07) is 7.14. The summed E-state index contributed by atoms with van der Waals surface area (Å²) in [5, 5.41) is 11.9. The number of nitrogens with zero attached hydrogens (tertiary/aromatic N) is 3. The fourth-order valence-corrected chi connectivity index (χ4v) is 1.43. The highest BCUT2D eigenvalue weighted by molar-refractivity contribution is 5.39. The molecule has 1 N–H and O–H groups in total. The number of hydrogen-bond acceptors (Lipinski definition) is 5. The van der Waals surface area contributed by atoms with Crippen molar-refractivity contribution >= 4 is 5.82 Å². The molecule has 0 saturated carbocycles. The van der Waals surface area contributed by atoms with Crippen LogP contribution in [0.25, 0.3) is 0 Å². The Hall–Kier alpha value is -2.35. The van der Waals surface area contributed by atoms with Crippen molar-refractivity contribution in [1.82, 2.24) is 9.97 Å². The first kappa shape index (κ1) is 11.1. The van der Waals surface area contributed by atoms with Crippen LogP contribution in [0.1, 0.15) is 30.3 Å². The second-order valence-electron chi connectivity index (χ2n) is 3.70. The lowest BCUT2D eigenvalue weighted by atomic mass is 10.3. The Morgan fingerprint density at radius 1 is 1.47 bits per heavy atom. The lowest BCUT2D eigenvalue weighted by molar-refractivity contribution is 0.453. The molecule has 5 heteroatoms. The summed E-state index contributed by atoms with van der Waals surface area (Å²) in [6.45, 7) is 3.77. The van der Waals surface area contributed by atoms with Gasteiger partial charge in [-0.15, -0.1) is 0 Å². The van der Waals surface area contributed by atoms with Crippen LogP contribution in [0.15, 0.2) is 28.8 Å². The highest BCUT2D eigenvalue weighted by Gasteiger charge is 2.11. The molecule has 0 radical (unpaired) electrons. The second kappa shape index (κ2) is 4.66. The third-order valence-corrected chi connectivity index (χ3v) is 2.24. The van der Waals surface area contributed by atoms with Crippen molar-refractivity contribution in [3.8, 4) is 6.07 Å². The van der Waals surface area contributed by atoms with Gasteiger partial charge in [-0.05, 0) is 26.0 Å². The summed E-state index contributed by atoms with van der Waals surface area (Å²) in [5.74, 6) is 2.01. The van der Waals surface area contributed by atoms with Crippen molar-refractivity contribution in [2.75, 3.05) is 5.32 Å². The molecule has 0 aliphatic rings. The van der Waals surface area contributed by atoms with E-state index in [1.807, 2.05) is 19.9 Å². The van der Waals surface area contributed by atoms with Crippen molar-refractivity contribution < 1.29 is 4.42 Å². The molecule has 2 heterocycles. The molecule has 0 bridgehead atoms. The minimum absolute atomic E-state index is 0.0925. The smallest absolute Gasteiger partial charge is 0.216 e. The Bertz CT molecular complexity index is 556. The van der Waals surface area contributed by atoms with Gasteiger partial charge in [-0.2, -0.15) is 5.26 Å². The SMILES string of the molecule is Cc1cnc(C(C)Nc2cccc(C#N)n2)o1. The third kappa shape index (κ3) is 2.61. The summed E-state index contributed by atoms with van der Waals surface area (Å²) in [6.07, 6.45) is 1.67. The minimum Gasteiger partial charge on any atom is -0.444 e. The van der Waals surface area contributed by atoms with Crippen LogP contribution in [-0.2, 0) is 0 Å². The number of aryl methyl sites for hydroxylation is 1. The van der Waals surface area contributed by atoms with Gasteiger partial charge in [0, 0.05) is 0 Å². The molecular weight excluding hydrogens is 216 g/mol. The van der Waals surface area contributed by atoms with Gasteiger partial charge in [-0.3, -0.25) is 0 Å². The highest BCUT2D eigenvalue weighted by Crippen LogP contribution is 2.17. The number of anilines is 1. The largest absolute Gasteiger partial charge is 0.444 e. The molecule has 1 atom stereocenters. The van der Waals surface area contributed by atoms with Crippen molar-refractivity contribution in [3.05, 3.63) is 41.7 Å². The number of nitriles is 1. The summed E-state index contributed by atoms with van der Waals surface area (Å²) in [7, 11) is 0. The average molecular weight is 228 g/mol. The van der Waals surface area contributed by atoms with Crippen molar-refractivity contribution in [1.29, 1.82) is 5.26 Å². The summed E-state index contributed by atoms with van der Waals surface area (Å²) < 4.78 is 5.41. The van der Waals surface area contributed by atoms with Crippen LogP contribution < -0.4 is 5.32 Å². The van der Waals surface area contributed by atoms with Gasteiger partial charge >= 0.3 is 0 Å². The third-order valence-electron chi connectivity index (χ3n) is 2.24. The van der Waals surface area contributed by atoms with Crippen molar-refractivity contribution in [3.63, 3.8) is 0 Å². The molecule has 0 aliphatic heterocycles. The van der Waals surface area contributed by atoms with Gasteiger partial charge < -0.3 is 9.73 Å². The summed E-state index contributed by atoms with van der Waals surface area (Å²) in [5.41, 5.74) is 0.380. The molecule has 0 spiro atoms. The Kier molecular flexibility index (Phi) is 3.06. The van der Waals surface area contributed by atoms with Gasteiger partial charge in [0.05, 0.1) is 6.20 Å². The van der Waals surface area contributed by atoms with Crippen LogP contribution in [0.4, 0.5) is 5.82 Å². The van der Waals surface area contributed by atoms with E-state index in [0.717, 1.165) is 5.76 Å². The van der Waals surface area contributed by atoms with E-state index < -0.39 is 0 Å². The maximum absolute atomic E-state index is 8.75. The van der Waals surface area contributed by atoms with Crippen molar-refractivity contribution in [2.24, 2.45) is 0 Å². The highest BCUT2D eigenvalue weighted by atomic mass is 16.4. The van der Waals surface area contributed by atoms with Gasteiger partial charge in [0.15, 0.2) is 0 Å². The first-order valence-corrected chi connectivity index (χ1v) is 5.25. The number of pyridine rings is 1.